The lowest BCUT2D eigenvalue weighted by molar-refractivity contribution is -0.130. The zero-order chi connectivity index (χ0) is 15.4. The highest BCUT2D eigenvalue weighted by Crippen LogP contribution is 2.27. The van der Waals surface area contributed by atoms with E-state index in [2.05, 4.69) is 41.4 Å². The van der Waals surface area contributed by atoms with E-state index < -0.39 is 0 Å². The fourth-order valence-electron chi connectivity index (χ4n) is 3.52. The summed E-state index contributed by atoms with van der Waals surface area (Å²) in [5, 5.41) is 3.49. The molecule has 0 saturated carbocycles. The predicted octanol–water partition coefficient (Wildman–Crippen LogP) is 2.94. The third-order valence-corrected chi connectivity index (χ3v) is 5.99. The number of hydrogen-bond acceptors (Lipinski definition) is 3. The molecule has 0 spiro atoms. The second-order valence-corrected chi connectivity index (χ2v) is 7.72. The third kappa shape index (κ3) is 4.05. The average molecular weight is 318 g/mol. The highest BCUT2D eigenvalue weighted by atomic mass is 32.2. The van der Waals surface area contributed by atoms with Gasteiger partial charge in [-0.05, 0) is 56.8 Å². The van der Waals surface area contributed by atoms with E-state index in [9.17, 15) is 4.79 Å². The van der Waals surface area contributed by atoms with Crippen LogP contribution in [-0.2, 0) is 4.79 Å². The Morgan fingerprint density at radius 3 is 2.45 bits per heavy atom. The largest absolute Gasteiger partial charge is 0.343 e. The molecule has 1 N–H and O–H groups in total. The molecule has 120 valence electrons. The normalized spacial score (nSPS) is 24.9. The van der Waals surface area contributed by atoms with Gasteiger partial charge in [0, 0.05) is 30.2 Å². The van der Waals surface area contributed by atoms with Crippen molar-refractivity contribution in [3.8, 4) is 0 Å². The van der Waals surface area contributed by atoms with Crippen LogP contribution in [0, 0.1) is 18.8 Å². The van der Waals surface area contributed by atoms with Crippen LogP contribution in [0.15, 0.2) is 29.2 Å². The van der Waals surface area contributed by atoms with Gasteiger partial charge in [0.2, 0.25) is 5.91 Å². The smallest absolute Gasteiger partial charge is 0.223 e. The molecule has 4 heteroatoms. The number of benzene rings is 1. The molecule has 2 aliphatic heterocycles. The van der Waals surface area contributed by atoms with Crippen molar-refractivity contribution in [1.82, 2.24) is 10.2 Å². The molecule has 1 aromatic carbocycles. The Hall–Kier alpha value is -1.00. The predicted molar refractivity (Wildman–Crippen MR) is 92.2 cm³/mol. The summed E-state index contributed by atoms with van der Waals surface area (Å²) in [5.41, 5.74) is 1.28. The summed E-state index contributed by atoms with van der Waals surface area (Å²) in [5.74, 6) is 2.80. The number of amides is 1. The minimum absolute atomic E-state index is 0.340. The van der Waals surface area contributed by atoms with Crippen molar-refractivity contribution >= 4 is 17.7 Å². The zero-order valence-corrected chi connectivity index (χ0v) is 14.2. The Morgan fingerprint density at radius 2 is 1.82 bits per heavy atom. The van der Waals surface area contributed by atoms with Crippen molar-refractivity contribution in [3.63, 3.8) is 0 Å². The van der Waals surface area contributed by atoms with Crippen LogP contribution in [0.2, 0.25) is 0 Å². The first kappa shape index (κ1) is 15.9. The molecule has 1 aromatic rings. The number of thioether (sulfide) groups is 1. The molecule has 2 fully saturated rings. The molecule has 2 aliphatic rings. The van der Waals surface area contributed by atoms with Crippen molar-refractivity contribution < 1.29 is 4.79 Å². The van der Waals surface area contributed by atoms with Crippen molar-refractivity contribution in [1.29, 1.82) is 0 Å². The average Bonchev–Trinajstić information content (AvgIpc) is 2.87. The van der Waals surface area contributed by atoms with E-state index in [1.807, 2.05) is 0 Å². The molecule has 1 amide bonds. The van der Waals surface area contributed by atoms with Crippen LogP contribution in [0.3, 0.4) is 0 Å². The molecule has 0 bridgehead atoms. The van der Waals surface area contributed by atoms with E-state index in [0.29, 0.717) is 12.3 Å². The summed E-state index contributed by atoms with van der Waals surface area (Å²) in [4.78, 5) is 15.8. The molecule has 0 radical (unpaired) electrons. The molecular weight excluding hydrogens is 292 g/mol. The highest BCUT2D eigenvalue weighted by Gasteiger charge is 2.31. The van der Waals surface area contributed by atoms with Crippen molar-refractivity contribution in [2.75, 3.05) is 31.9 Å². The lowest BCUT2D eigenvalue weighted by Gasteiger charge is -2.20. The van der Waals surface area contributed by atoms with Gasteiger partial charge in [-0.15, -0.1) is 11.8 Å². The zero-order valence-electron chi connectivity index (χ0n) is 13.4. The van der Waals surface area contributed by atoms with Crippen LogP contribution in [0.1, 0.15) is 24.8 Å². The Labute approximate surface area is 137 Å². The first-order valence-corrected chi connectivity index (χ1v) is 9.39. The number of hydrogen-bond donors (Lipinski definition) is 1. The van der Waals surface area contributed by atoms with Crippen LogP contribution < -0.4 is 5.32 Å². The Morgan fingerprint density at radius 1 is 1.18 bits per heavy atom. The van der Waals surface area contributed by atoms with Crippen LogP contribution in [-0.4, -0.2) is 42.7 Å². The quantitative estimate of drug-likeness (QED) is 0.866. The summed E-state index contributed by atoms with van der Waals surface area (Å²) >= 11 is 1.79. The van der Waals surface area contributed by atoms with Gasteiger partial charge < -0.3 is 10.2 Å². The maximum Gasteiger partial charge on any atom is 0.223 e. The maximum absolute atomic E-state index is 12.4. The van der Waals surface area contributed by atoms with Gasteiger partial charge in [-0.3, -0.25) is 4.79 Å². The second kappa shape index (κ2) is 7.51. The third-order valence-electron chi connectivity index (χ3n) is 4.98. The standard InChI is InChI=1S/C18H26N2OS/c1-14-2-4-17(5-3-14)22-11-8-18(21)20-9-6-15-12-19-13-16(15)7-10-20/h2-5,15-16,19H,6-13H2,1H3/t15-,16+. The molecule has 2 atom stereocenters. The number of nitrogens with zero attached hydrogens (tertiary/aromatic N) is 1. The molecule has 0 unspecified atom stereocenters. The van der Waals surface area contributed by atoms with Crippen molar-refractivity contribution in [2.24, 2.45) is 11.8 Å². The first-order valence-electron chi connectivity index (χ1n) is 8.40. The fraction of sp³-hybridized carbons (Fsp3) is 0.611. The van der Waals surface area contributed by atoms with Crippen molar-refractivity contribution in [2.45, 2.75) is 31.1 Å². The van der Waals surface area contributed by atoms with E-state index in [1.165, 1.54) is 23.3 Å². The number of likely N-dealkylation sites (tertiary alicyclic amines) is 1. The molecule has 0 aromatic heterocycles. The summed E-state index contributed by atoms with van der Waals surface area (Å²) in [6.45, 7) is 6.31. The van der Waals surface area contributed by atoms with Gasteiger partial charge in [0.05, 0.1) is 0 Å². The number of fused-ring (bicyclic) bond motifs is 1. The summed E-state index contributed by atoms with van der Waals surface area (Å²) in [6.07, 6.45) is 3.01. The molecule has 2 heterocycles. The van der Waals surface area contributed by atoms with Gasteiger partial charge in [-0.1, -0.05) is 17.7 Å². The lowest BCUT2D eigenvalue weighted by Crippen LogP contribution is -2.32. The van der Waals surface area contributed by atoms with Crippen LogP contribution in [0.5, 0.6) is 0 Å². The summed E-state index contributed by atoms with van der Waals surface area (Å²) < 4.78 is 0. The Bertz CT molecular complexity index is 488. The topological polar surface area (TPSA) is 32.3 Å². The van der Waals surface area contributed by atoms with E-state index >= 15 is 0 Å². The Kier molecular flexibility index (Phi) is 5.42. The van der Waals surface area contributed by atoms with E-state index in [0.717, 1.165) is 43.8 Å². The van der Waals surface area contributed by atoms with E-state index in [-0.39, 0.29) is 0 Å². The van der Waals surface area contributed by atoms with Gasteiger partial charge >= 0.3 is 0 Å². The molecule has 0 aliphatic carbocycles. The first-order chi connectivity index (χ1) is 10.7. The summed E-state index contributed by atoms with van der Waals surface area (Å²) in [7, 11) is 0. The molecular formula is C18H26N2OS. The lowest BCUT2D eigenvalue weighted by atomic mass is 9.92. The number of carbonyl (C=O) groups is 1. The number of aryl methyl sites for hydroxylation is 1. The van der Waals surface area contributed by atoms with Crippen LogP contribution in [0.4, 0.5) is 0 Å². The van der Waals surface area contributed by atoms with Gasteiger partial charge in [-0.25, -0.2) is 0 Å². The van der Waals surface area contributed by atoms with E-state index in [4.69, 9.17) is 0 Å². The Balaban J connectivity index is 1.42. The monoisotopic (exact) mass is 318 g/mol. The molecule has 2 saturated heterocycles. The number of nitrogens with one attached hydrogen (secondary N) is 1. The highest BCUT2D eigenvalue weighted by molar-refractivity contribution is 7.99. The molecule has 3 nitrogen and oxygen atoms in total. The van der Waals surface area contributed by atoms with Gasteiger partial charge in [0.15, 0.2) is 0 Å². The fourth-order valence-corrected chi connectivity index (χ4v) is 4.36. The maximum atomic E-state index is 12.4. The number of carbonyl (C=O) groups excluding carboxylic acids is 1. The SMILES string of the molecule is Cc1ccc(SCCC(=O)N2CC[C@@H]3CNC[C@@H]3CC2)cc1. The van der Waals surface area contributed by atoms with Gasteiger partial charge in [0.25, 0.3) is 0 Å². The number of rotatable bonds is 4. The minimum atomic E-state index is 0.340. The van der Waals surface area contributed by atoms with Gasteiger partial charge in [0.1, 0.15) is 0 Å². The molecule has 3 rings (SSSR count). The van der Waals surface area contributed by atoms with Crippen LogP contribution in [0.25, 0.3) is 0 Å². The van der Waals surface area contributed by atoms with Gasteiger partial charge in [-0.2, -0.15) is 0 Å². The minimum Gasteiger partial charge on any atom is -0.343 e. The second-order valence-electron chi connectivity index (χ2n) is 6.55. The summed E-state index contributed by atoms with van der Waals surface area (Å²) in [6, 6.07) is 8.55. The van der Waals surface area contributed by atoms with Crippen molar-refractivity contribution in [3.05, 3.63) is 29.8 Å². The van der Waals surface area contributed by atoms with E-state index in [1.54, 1.807) is 11.8 Å². The van der Waals surface area contributed by atoms with Crippen LogP contribution >= 0.6 is 11.8 Å². The molecule has 22 heavy (non-hydrogen) atoms.